The molecule has 0 aliphatic carbocycles. The third kappa shape index (κ3) is 6.82. The van der Waals surface area contributed by atoms with Gasteiger partial charge in [-0.25, -0.2) is 4.98 Å². The highest BCUT2D eigenvalue weighted by Crippen LogP contribution is 2.21. The molecular formula is C25H36IN7O. The molecule has 0 unspecified atom stereocenters. The van der Waals surface area contributed by atoms with E-state index in [1.165, 1.54) is 0 Å². The van der Waals surface area contributed by atoms with E-state index in [0.717, 1.165) is 74.3 Å². The summed E-state index contributed by atoms with van der Waals surface area (Å²) in [4.78, 5) is 27.6. The van der Waals surface area contributed by atoms with Crippen LogP contribution >= 0.6 is 24.0 Å². The fourth-order valence-corrected chi connectivity index (χ4v) is 4.31. The molecule has 4 rings (SSSR count). The average molecular weight is 578 g/mol. The zero-order chi connectivity index (χ0) is 23.0. The van der Waals surface area contributed by atoms with Crippen LogP contribution in [0.1, 0.15) is 30.9 Å². The van der Waals surface area contributed by atoms with Crippen molar-refractivity contribution in [3.8, 4) is 0 Å². The molecular weight excluding hydrogens is 541 g/mol. The van der Waals surface area contributed by atoms with Crippen LogP contribution < -0.4 is 20.4 Å². The summed E-state index contributed by atoms with van der Waals surface area (Å²) in [6, 6.07) is 12.4. The molecule has 8 nitrogen and oxygen atoms in total. The second kappa shape index (κ2) is 12.9. The number of aromatic nitrogens is 1. The highest BCUT2D eigenvalue weighted by molar-refractivity contribution is 14.0. The minimum absolute atomic E-state index is 0. The van der Waals surface area contributed by atoms with Gasteiger partial charge < -0.3 is 25.3 Å². The van der Waals surface area contributed by atoms with Crippen molar-refractivity contribution in [2.24, 2.45) is 4.99 Å². The van der Waals surface area contributed by atoms with Crippen LogP contribution in [0.3, 0.4) is 0 Å². The topological polar surface area (TPSA) is 76.1 Å². The lowest BCUT2D eigenvalue weighted by Gasteiger charge is -2.34. The Balaban J connectivity index is 0.00000324. The van der Waals surface area contributed by atoms with Crippen LogP contribution in [0.5, 0.6) is 0 Å². The molecule has 2 saturated heterocycles. The summed E-state index contributed by atoms with van der Waals surface area (Å²) in [5, 5.41) is 6.71. The Morgan fingerprint density at radius 3 is 2.21 bits per heavy atom. The van der Waals surface area contributed by atoms with Crippen molar-refractivity contribution in [1.82, 2.24) is 20.5 Å². The predicted molar refractivity (Wildman–Crippen MR) is 149 cm³/mol. The third-order valence-electron chi connectivity index (χ3n) is 6.42. The van der Waals surface area contributed by atoms with Crippen LogP contribution in [0.2, 0.25) is 0 Å². The molecule has 2 aliphatic heterocycles. The number of benzene rings is 1. The van der Waals surface area contributed by atoms with Gasteiger partial charge in [-0.15, -0.1) is 24.0 Å². The Kier molecular flexibility index (Phi) is 9.94. The maximum atomic E-state index is 11.9. The van der Waals surface area contributed by atoms with Gasteiger partial charge in [0.15, 0.2) is 5.96 Å². The van der Waals surface area contributed by atoms with Crippen molar-refractivity contribution in [2.45, 2.75) is 32.9 Å². The highest BCUT2D eigenvalue weighted by Gasteiger charge is 2.21. The number of piperazine rings is 1. The van der Waals surface area contributed by atoms with Crippen molar-refractivity contribution < 1.29 is 4.79 Å². The van der Waals surface area contributed by atoms with Crippen LogP contribution in [0, 0.1) is 0 Å². The number of pyridine rings is 1. The summed E-state index contributed by atoms with van der Waals surface area (Å²) in [6.07, 6.45) is 3.54. The van der Waals surface area contributed by atoms with Gasteiger partial charge in [0.05, 0.1) is 0 Å². The van der Waals surface area contributed by atoms with Gasteiger partial charge in [-0.2, -0.15) is 0 Å². The standard InChI is InChI=1S/C25H35N7O.HI/c1-3-30-13-15-31(16-14-30)23-11-8-21(18-27-23)19-29-25(26-2)28-17-20-6-9-22(10-7-20)32-12-4-5-24(32)33;/h6-11,18H,3-5,12-17,19H2,1-2H3,(H2,26,28,29);1H. The Labute approximate surface area is 219 Å². The highest BCUT2D eigenvalue weighted by atomic mass is 127. The SMILES string of the molecule is CCN1CCN(c2ccc(CNC(=NC)NCc3ccc(N4CCCC4=O)cc3)cn2)CC1.I. The number of guanidine groups is 1. The molecule has 0 radical (unpaired) electrons. The van der Waals surface area contributed by atoms with E-state index in [0.29, 0.717) is 19.5 Å². The van der Waals surface area contributed by atoms with Crippen molar-refractivity contribution >= 4 is 47.3 Å². The third-order valence-corrected chi connectivity index (χ3v) is 6.42. The fourth-order valence-electron chi connectivity index (χ4n) is 4.31. The number of carbonyl (C=O) groups is 1. The average Bonchev–Trinajstić information content (AvgIpc) is 3.30. The summed E-state index contributed by atoms with van der Waals surface area (Å²) in [6.45, 7) is 9.73. The van der Waals surface area contributed by atoms with E-state index < -0.39 is 0 Å². The minimum Gasteiger partial charge on any atom is -0.354 e. The first-order chi connectivity index (χ1) is 16.2. The Morgan fingerprint density at radius 1 is 0.971 bits per heavy atom. The molecule has 0 bridgehead atoms. The first kappa shape index (κ1) is 26.2. The molecule has 0 atom stereocenters. The zero-order valence-electron chi connectivity index (χ0n) is 20.2. The number of anilines is 2. The van der Waals surface area contributed by atoms with Crippen LogP contribution in [0.15, 0.2) is 47.6 Å². The lowest BCUT2D eigenvalue weighted by molar-refractivity contribution is -0.117. The predicted octanol–water partition coefficient (Wildman–Crippen LogP) is 2.83. The molecule has 3 heterocycles. The van der Waals surface area contributed by atoms with Crippen LogP contribution in [-0.2, 0) is 17.9 Å². The first-order valence-corrected chi connectivity index (χ1v) is 11.9. The smallest absolute Gasteiger partial charge is 0.227 e. The number of rotatable bonds is 7. The maximum Gasteiger partial charge on any atom is 0.227 e. The molecule has 184 valence electrons. The summed E-state index contributed by atoms with van der Waals surface area (Å²) in [5.41, 5.74) is 3.24. The van der Waals surface area contributed by atoms with Gasteiger partial charge in [-0.05, 0) is 42.3 Å². The zero-order valence-corrected chi connectivity index (χ0v) is 22.5. The van der Waals surface area contributed by atoms with Crippen molar-refractivity contribution in [3.63, 3.8) is 0 Å². The van der Waals surface area contributed by atoms with Gasteiger partial charge >= 0.3 is 0 Å². The molecule has 2 aliphatic rings. The summed E-state index contributed by atoms with van der Waals surface area (Å²) in [7, 11) is 1.77. The van der Waals surface area contributed by atoms with E-state index in [1.807, 2.05) is 23.2 Å². The number of likely N-dealkylation sites (N-methyl/N-ethyl adjacent to an activating group) is 1. The van der Waals surface area contributed by atoms with Gasteiger partial charge in [-0.1, -0.05) is 25.1 Å². The molecule has 9 heteroatoms. The Bertz CT molecular complexity index is 941. The number of amides is 1. The fraction of sp³-hybridized carbons (Fsp3) is 0.480. The van der Waals surface area contributed by atoms with Gasteiger partial charge in [0.25, 0.3) is 0 Å². The van der Waals surface area contributed by atoms with Crippen molar-refractivity contribution in [3.05, 3.63) is 53.7 Å². The lowest BCUT2D eigenvalue weighted by Crippen LogP contribution is -2.46. The van der Waals surface area contributed by atoms with Crippen LogP contribution in [-0.4, -0.2) is 68.1 Å². The molecule has 0 spiro atoms. The van der Waals surface area contributed by atoms with Crippen molar-refractivity contribution in [2.75, 3.05) is 56.1 Å². The molecule has 0 saturated carbocycles. The molecule has 2 N–H and O–H groups in total. The van der Waals surface area contributed by atoms with Crippen LogP contribution in [0.4, 0.5) is 11.5 Å². The normalized spacial score (nSPS) is 17.0. The minimum atomic E-state index is 0. The lowest BCUT2D eigenvalue weighted by atomic mass is 10.2. The van der Waals surface area contributed by atoms with E-state index >= 15 is 0 Å². The maximum absolute atomic E-state index is 11.9. The second-order valence-electron chi connectivity index (χ2n) is 8.54. The molecule has 1 aromatic carbocycles. The summed E-state index contributed by atoms with van der Waals surface area (Å²) >= 11 is 0. The molecule has 2 fully saturated rings. The molecule has 1 aromatic heterocycles. The van der Waals surface area contributed by atoms with Gasteiger partial charge in [0, 0.05) is 71.2 Å². The van der Waals surface area contributed by atoms with E-state index in [9.17, 15) is 4.79 Å². The Hall–Kier alpha value is -2.40. The largest absolute Gasteiger partial charge is 0.354 e. The number of nitrogens with zero attached hydrogens (tertiary/aromatic N) is 5. The quantitative estimate of drug-likeness (QED) is 0.300. The number of carbonyl (C=O) groups excluding carboxylic acids is 1. The van der Waals surface area contributed by atoms with Gasteiger partial charge in [0.2, 0.25) is 5.91 Å². The number of hydrogen-bond donors (Lipinski definition) is 2. The van der Waals surface area contributed by atoms with Crippen molar-refractivity contribution in [1.29, 1.82) is 0 Å². The number of hydrogen-bond acceptors (Lipinski definition) is 5. The monoisotopic (exact) mass is 577 g/mol. The van der Waals surface area contributed by atoms with E-state index in [4.69, 9.17) is 0 Å². The summed E-state index contributed by atoms with van der Waals surface area (Å²) < 4.78 is 0. The molecule has 2 aromatic rings. The number of halogens is 1. The van der Waals surface area contributed by atoms with Crippen LogP contribution in [0.25, 0.3) is 0 Å². The number of aliphatic imine (C=N–C) groups is 1. The Morgan fingerprint density at radius 2 is 1.65 bits per heavy atom. The summed E-state index contributed by atoms with van der Waals surface area (Å²) in [5.74, 6) is 2.01. The van der Waals surface area contributed by atoms with Gasteiger partial charge in [-0.3, -0.25) is 9.79 Å². The number of nitrogens with one attached hydrogen (secondary N) is 2. The first-order valence-electron chi connectivity index (χ1n) is 11.9. The molecule has 34 heavy (non-hydrogen) atoms. The van der Waals surface area contributed by atoms with E-state index in [1.54, 1.807) is 7.05 Å². The van der Waals surface area contributed by atoms with Gasteiger partial charge in [0.1, 0.15) is 5.82 Å². The van der Waals surface area contributed by atoms with E-state index in [-0.39, 0.29) is 29.9 Å². The van der Waals surface area contributed by atoms with E-state index in [2.05, 4.69) is 61.6 Å². The second-order valence-corrected chi connectivity index (χ2v) is 8.54. The molecule has 1 amide bonds.